The van der Waals surface area contributed by atoms with Gasteiger partial charge < -0.3 is 20.3 Å². The number of hydrogen-bond acceptors (Lipinski definition) is 4. The zero-order valence-corrected chi connectivity index (χ0v) is 18.1. The predicted octanol–water partition coefficient (Wildman–Crippen LogP) is 2.64. The number of nitrogens with zero attached hydrogens (tertiary/aromatic N) is 1. The maximum absolute atomic E-state index is 12.9. The number of hydrogen-bond donors (Lipinski definition) is 2. The number of carbonyl (C=O) groups excluding carboxylic acids is 3. The first-order valence-corrected chi connectivity index (χ1v) is 10.9. The number of benzene rings is 1. The minimum Gasteiger partial charge on any atom is -0.497 e. The minimum absolute atomic E-state index is 0.0349. The fraction of sp³-hybridized carbons (Fsp3) is 0.609. The van der Waals surface area contributed by atoms with Crippen LogP contribution >= 0.6 is 0 Å². The molecule has 7 heteroatoms. The molecule has 0 spiro atoms. The molecule has 3 rings (SSSR count). The minimum atomic E-state index is -0.593. The van der Waals surface area contributed by atoms with Crippen LogP contribution < -0.4 is 20.3 Å². The van der Waals surface area contributed by atoms with E-state index in [1.54, 1.807) is 24.1 Å². The summed E-state index contributed by atoms with van der Waals surface area (Å²) in [6.07, 6.45) is 5.63. The number of ether oxygens (including phenoxy) is 1. The Balaban J connectivity index is 1.60. The highest BCUT2D eigenvalue weighted by molar-refractivity contribution is 6.01. The van der Waals surface area contributed by atoms with Crippen LogP contribution in [0.1, 0.15) is 52.4 Å². The zero-order valence-electron chi connectivity index (χ0n) is 18.1. The average Bonchev–Trinajstić information content (AvgIpc) is 3.14. The Bertz CT molecular complexity index is 756. The van der Waals surface area contributed by atoms with Gasteiger partial charge in [0.2, 0.25) is 17.7 Å². The second kappa shape index (κ2) is 9.96. The Hall–Kier alpha value is -2.57. The van der Waals surface area contributed by atoms with Crippen LogP contribution in [0.5, 0.6) is 5.75 Å². The summed E-state index contributed by atoms with van der Waals surface area (Å²) in [6, 6.07) is 6.81. The van der Waals surface area contributed by atoms with Gasteiger partial charge in [-0.05, 0) is 43.0 Å². The number of amides is 3. The van der Waals surface area contributed by atoms with Crippen molar-refractivity contribution in [3.8, 4) is 5.75 Å². The highest BCUT2D eigenvalue weighted by Crippen LogP contribution is 2.27. The summed E-state index contributed by atoms with van der Waals surface area (Å²) in [6.45, 7) is 4.16. The Morgan fingerprint density at radius 3 is 2.37 bits per heavy atom. The van der Waals surface area contributed by atoms with Crippen molar-refractivity contribution in [2.75, 3.05) is 18.6 Å². The van der Waals surface area contributed by atoms with Crippen molar-refractivity contribution in [3.63, 3.8) is 0 Å². The Labute approximate surface area is 178 Å². The zero-order chi connectivity index (χ0) is 21.7. The molecule has 0 bridgehead atoms. The number of rotatable bonds is 7. The second-order valence-electron chi connectivity index (χ2n) is 8.68. The van der Waals surface area contributed by atoms with Gasteiger partial charge in [-0.15, -0.1) is 0 Å². The van der Waals surface area contributed by atoms with Gasteiger partial charge in [-0.25, -0.2) is 0 Å². The Kier molecular flexibility index (Phi) is 7.34. The molecule has 1 aromatic carbocycles. The molecule has 164 valence electrons. The van der Waals surface area contributed by atoms with Crippen LogP contribution in [0.25, 0.3) is 0 Å². The predicted molar refractivity (Wildman–Crippen MR) is 115 cm³/mol. The fourth-order valence-corrected chi connectivity index (χ4v) is 4.24. The van der Waals surface area contributed by atoms with Crippen molar-refractivity contribution in [2.45, 2.75) is 64.5 Å². The van der Waals surface area contributed by atoms with Gasteiger partial charge in [0.15, 0.2) is 0 Å². The van der Waals surface area contributed by atoms with Crippen molar-refractivity contribution in [1.29, 1.82) is 0 Å². The Morgan fingerprint density at radius 2 is 1.77 bits per heavy atom. The molecule has 2 fully saturated rings. The molecular weight excluding hydrogens is 382 g/mol. The summed E-state index contributed by atoms with van der Waals surface area (Å²) in [5.41, 5.74) is 0.742. The van der Waals surface area contributed by atoms with Gasteiger partial charge in [0.05, 0.1) is 13.0 Å². The largest absolute Gasteiger partial charge is 0.497 e. The monoisotopic (exact) mass is 415 g/mol. The highest BCUT2D eigenvalue weighted by Gasteiger charge is 2.37. The molecule has 1 saturated heterocycles. The molecule has 2 atom stereocenters. The first-order valence-electron chi connectivity index (χ1n) is 10.9. The van der Waals surface area contributed by atoms with E-state index in [0.717, 1.165) is 31.4 Å². The molecule has 3 amide bonds. The van der Waals surface area contributed by atoms with Crippen LogP contribution in [0.2, 0.25) is 0 Å². The molecule has 2 aliphatic rings. The van der Waals surface area contributed by atoms with Crippen LogP contribution in [-0.4, -0.2) is 43.5 Å². The lowest BCUT2D eigenvalue weighted by atomic mass is 9.94. The third kappa shape index (κ3) is 5.32. The number of nitrogens with one attached hydrogen (secondary N) is 2. The molecule has 1 aliphatic heterocycles. The quantitative estimate of drug-likeness (QED) is 0.717. The highest BCUT2D eigenvalue weighted by atomic mass is 16.5. The van der Waals surface area contributed by atoms with Crippen molar-refractivity contribution >= 4 is 23.4 Å². The first kappa shape index (κ1) is 22.1. The standard InChI is InChI=1S/C23H33N3O4/c1-15(2)21(23(29)24-17-7-5-4-6-8-17)25-22(28)16-13-20(27)26(14-16)18-9-11-19(30-3)12-10-18/h9-12,15-17,21H,4-8,13-14H2,1-3H3,(H,24,29)(H,25,28)/t16-,21-/m0/s1. The van der Waals surface area contributed by atoms with Crippen LogP contribution in [0, 0.1) is 11.8 Å². The van der Waals surface area contributed by atoms with Crippen molar-refractivity contribution < 1.29 is 19.1 Å². The van der Waals surface area contributed by atoms with Crippen LogP contribution in [0.3, 0.4) is 0 Å². The summed E-state index contributed by atoms with van der Waals surface area (Å²) in [7, 11) is 1.59. The molecule has 30 heavy (non-hydrogen) atoms. The summed E-state index contributed by atoms with van der Waals surface area (Å²) >= 11 is 0. The van der Waals surface area contributed by atoms with E-state index in [1.807, 2.05) is 26.0 Å². The lowest BCUT2D eigenvalue weighted by molar-refractivity contribution is -0.132. The smallest absolute Gasteiger partial charge is 0.243 e. The van der Waals surface area contributed by atoms with Crippen LogP contribution in [-0.2, 0) is 14.4 Å². The van der Waals surface area contributed by atoms with Crippen molar-refractivity contribution in [3.05, 3.63) is 24.3 Å². The second-order valence-corrected chi connectivity index (χ2v) is 8.68. The third-order valence-electron chi connectivity index (χ3n) is 6.08. The lowest BCUT2D eigenvalue weighted by Crippen LogP contribution is -2.53. The van der Waals surface area contributed by atoms with Gasteiger partial charge in [0.1, 0.15) is 11.8 Å². The summed E-state index contributed by atoms with van der Waals surface area (Å²) < 4.78 is 5.16. The van der Waals surface area contributed by atoms with Crippen LogP contribution in [0.15, 0.2) is 24.3 Å². The molecule has 1 aromatic rings. The van der Waals surface area contributed by atoms with Gasteiger partial charge in [0, 0.05) is 24.7 Å². The molecule has 0 aromatic heterocycles. The lowest BCUT2D eigenvalue weighted by Gasteiger charge is -2.28. The van der Waals surface area contributed by atoms with E-state index in [0.29, 0.717) is 12.3 Å². The van der Waals surface area contributed by atoms with E-state index in [4.69, 9.17) is 4.74 Å². The van der Waals surface area contributed by atoms with E-state index in [1.165, 1.54) is 6.42 Å². The molecule has 7 nitrogen and oxygen atoms in total. The third-order valence-corrected chi connectivity index (χ3v) is 6.08. The van der Waals surface area contributed by atoms with E-state index in [2.05, 4.69) is 10.6 Å². The number of methoxy groups -OCH3 is 1. The summed E-state index contributed by atoms with van der Waals surface area (Å²) in [5.74, 6) is -0.245. The SMILES string of the molecule is COc1ccc(N2C[C@@H](C(=O)N[C@H](C(=O)NC3CCCCC3)C(C)C)CC2=O)cc1. The van der Waals surface area contributed by atoms with Crippen molar-refractivity contribution in [1.82, 2.24) is 10.6 Å². The van der Waals surface area contributed by atoms with E-state index in [-0.39, 0.29) is 36.1 Å². The van der Waals surface area contributed by atoms with Gasteiger partial charge >= 0.3 is 0 Å². The summed E-state index contributed by atoms with van der Waals surface area (Å²) in [4.78, 5) is 39.8. The van der Waals surface area contributed by atoms with Gasteiger partial charge in [-0.3, -0.25) is 14.4 Å². The van der Waals surface area contributed by atoms with E-state index >= 15 is 0 Å². The van der Waals surface area contributed by atoms with E-state index in [9.17, 15) is 14.4 Å². The van der Waals surface area contributed by atoms with Crippen molar-refractivity contribution in [2.24, 2.45) is 11.8 Å². The van der Waals surface area contributed by atoms with Crippen LogP contribution in [0.4, 0.5) is 5.69 Å². The number of anilines is 1. The molecule has 0 unspecified atom stereocenters. The first-order chi connectivity index (χ1) is 14.4. The topological polar surface area (TPSA) is 87.7 Å². The molecular formula is C23H33N3O4. The Morgan fingerprint density at radius 1 is 1.10 bits per heavy atom. The molecule has 1 saturated carbocycles. The summed E-state index contributed by atoms with van der Waals surface area (Å²) in [5, 5.41) is 6.02. The van der Waals surface area contributed by atoms with Gasteiger partial charge in [-0.2, -0.15) is 0 Å². The molecule has 1 aliphatic carbocycles. The molecule has 0 radical (unpaired) electrons. The average molecular weight is 416 g/mol. The van der Waals surface area contributed by atoms with Gasteiger partial charge in [0.25, 0.3) is 0 Å². The maximum atomic E-state index is 12.9. The normalized spacial score (nSPS) is 20.9. The molecule has 1 heterocycles. The number of carbonyl (C=O) groups is 3. The maximum Gasteiger partial charge on any atom is 0.243 e. The van der Waals surface area contributed by atoms with E-state index < -0.39 is 12.0 Å². The molecule has 2 N–H and O–H groups in total. The fourth-order valence-electron chi connectivity index (χ4n) is 4.24. The van der Waals surface area contributed by atoms with Gasteiger partial charge in [-0.1, -0.05) is 33.1 Å².